The number of carbonyl (C=O) groups excluding carboxylic acids is 1. The summed E-state index contributed by atoms with van der Waals surface area (Å²) in [6.07, 6.45) is 4.24. The molecule has 1 aliphatic rings. The summed E-state index contributed by atoms with van der Waals surface area (Å²) in [7, 11) is 1.99. The zero-order valence-electron chi connectivity index (χ0n) is 13.6. The van der Waals surface area contributed by atoms with Crippen LogP contribution in [0.5, 0.6) is 0 Å². The lowest BCUT2D eigenvalue weighted by atomic mass is 10.0. The van der Waals surface area contributed by atoms with Gasteiger partial charge in [-0.05, 0) is 44.9 Å². The predicted molar refractivity (Wildman–Crippen MR) is 88.1 cm³/mol. The van der Waals surface area contributed by atoms with E-state index in [2.05, 4.69) is 31.3 Å². The number of benzene rings is 1. The number of rotatable bonds is 3. The van der Waals surface area contributed by atoms with Gasteiger partial charge in [0.1, 0.15) is 5.58 Å². The Labute approximate surface area is 131 Å². The van der Waals surface area contributed by atoms with E-state index in [1.165, 1.54) is 5.56 Å². The van der Waals surface area contributed by atoms with E-state index >= 15 is 0 Å². The minimum Gasteiger partial charge on any atom is -0.464 e. The van der Waals surface area contributed by atoms with E-state index in [0.717, 1.165) is 48.0 Å². The number of hydrogen-bond acceptors (Lipinski definition) is 3. The zero-order chi connectivity index (χ0) is 15.7. The molecule has 1 aromatic heterocycles. The van der Waals surface area contributed by atoms with Gasteiger partial charge in [0.05, 0.1) is 12.7 Å². The van der Waals surface area contributed by atoms with E-state index in [4.69, 9.17) is 4.42 Å². The molecule has 4 nitrogen and oxygen atoms in total. The lowest BCUT2D eigenvalue weighted by Gasteiger charge is -2.31. The summed E-state index contributed by atoms with van der Waals surface area (Å²) >= 11 is 0. The van der Waals surface area contributed by atoms with Gasteiger partial charge in [0.25, 0.3) is 0 Å². The summed E-state index contributed by atoms with van der Waals surface area (Å²) < 4.78 is 5.70. The monoisotopic (exact) mass is 300 g/mol. The van der Waals surface area contributed by atoms with Crippen molar-refractivity contribution in [2.24, 2.45) is 0 Å². The number of fused-ring (bicyclic) bond motifs is 1. The highest BCUT2D eigenvalue weighted by molar-refractivity contribution is 5.89. The minimum absolute atomic E-state index is 0.204. The van der Waals surface area contributed by atoms with Crippen LogP contribution < -0.4 is 5.32 Å². The first-order valence-electron chi connectivity index (χ1n) is 8.01. The van der Waals surface area contributed by atoms with Crippen LogP contribution in [-0.2, 0) is 11.2 Å². The second kappa shape index (κ2) is 6.13. The van der Waals surface area contributed by atoms with Crippen LogP contribution in [-0.4, -0.2) is 37.0 Å². The van der Waals surface area contributed by atoms with Gasteiger partial charge in [-0.1, -0.05) is 12.1 Å². The Morgan fingerprint density at radius 1 is 1.32 bits per heavy atom. The number of amides is 1. The van der Waals surface area contributed by atoms with Crippen molar-refractivity contribution in [1.29, 1.82) is 0 Å². The third-order valence-electron chi connectivity index (χ3n) is 4.94. The highest BCUT2D eigenvalue weighted by Gasteiger charge is 2.23. The number of furan rings is 1. The second-order valence-corrected chi connectivity index (χ2v) is 6.27. The fraction of sp³-hybridized carbons (Fsp3) is 0.500. The van der Waals surface area contributed by atoms with Gasteiger partial charge < -0.3 is 14.6 Å². The maximum absolute atomic E-state index is 12.5. The van der Waals surface area contributed by atoms with Gasteiger partial charge in [0.15, 0.2) is 0 Å². The Morgan fingerprint density at radius 3 is 2.73 bits per heavy atom. The van der Waals surface area contributed by atoms with Crippen LogP contribution >= 0.6 is 0 Å². The summed E-state index contributed by atoms with van der Waals surface area (Å²) in [6.45, 7) is 5.83. The molecule has 2 aromatic rings. The normalized spacial score (nSPS) is 16.4. The van der Waals surface area contributed by atoms with Gasteiger partial charge in [-0.2, -0.15) is 0 Å². The maximum Gasteiger partial charge on any atom is 0.227 e. The molecule has 22 heavy (non-hydrogen) atoms. The molecule has 0 radical (unpaired) electrons. The molecule has 0 unspecified atom stereocenters. The van der Waals surface area contributed by atoms with Crippen molar-refractivity contribution < 1.29 is 9.21 Å². The van der Waals surface area contributed by atoms with Crippen molar-refractivity contribution in [1.82, 2.24) is 10.2 Å². The van der Waals surface area contributed by atoms with Crippen LogP contribution in [0.15, 0.2) is 22.8 Å². The molecular weight excluding hydrogens is 276 g/mol. The van der Waals surface area contributed by atoms with Crippen LogP contribution in [0.4, 0.5) is 0 Å². The van der Waals surface area contributed by atoms with E-state index < -0.39 is 0 Å². The number of carbonyl (C=O) groups is 1. The van der Waals surface area contributed by atoms with Crippen LogP contribution in [0.3, 0.4) is 0 Å². The van der Waals surface area contributed by atoms with Crippen molar-refractivity contribution in [3.05, 3.63) is 35.1 Å². The van der Waals surface area contributed by atoms with Gasteiger partial charge in [-0.25, -0.2) is 0 Å². The SMILES string of the molecule is CNC1CCN(C(=O)Cc2coc3c(C)c(C)ccc23)CC1. The first-order valence-corrected chi connectivity index (χ1v) is 8.01. The van der Waals surface area contributed by atoms with Crippen molar-refractivity contribution in [2.75, 3.05) is 20.1 Å². The maximum atomic E-state index is 12.5. The summed E-state index contributed by atoms with van der Waals surface area (Å²) in [6, 6.07) is 4.71. The molecule has 118 valence electrons. The number of hydrogen-bond donors (Lipinski definition) is 1. The quantitative estimate of drug-likeness (QED) is 0.948. The number of likely N-dealkylation sites (tertiary alicyclic amines) is 1. The Hall–Kier alpha value is -1.81. The van der Waals surface area contributed by atoms with E-state index in [1.807, 2.05) is 11.9 Å². The number of piperidine rings is 1. The summed E-state index contributed by atoms with van der Waals surface area (Å²) in [5.41, 5.74) is 4.29. The fourth-order valence-corrected chi connectivity index (χ4v) is 3.22. The Balaban J connectivity index is 1.74. The van der Waals surface area contributed by atoms with Crippen LogP contribution in [0.25, 0.3) is 11.0 Å². The molecule has 1 aliphatic heterocycles. The van der Waals surface area contributed by atoms with Crippen LogP contribution in [0, 0.1) is 13.8 Å². The molecule has 1 N–H and O–H groups in total. The van der Waals surface area contributed by atoms with E-state index in [1.54, 1.807) is 6.26 Å². The molecule has 4 heteroatoms. The lowest BCUT2D eigenvalue weighted by molar-refractivity contribution is -0.131. The van der Waals surface area contributed by atoms with Gasteiger partial charge in [0.2, 0.25) is 5.91 Å². The average Bonchev–Trinajstić information content (AvgIpc) is 2.94. The Morgan fingerprint density at radius 2 is 2.05 bits per heavy atom. The van der Waals surface area contributed by atoms with Crippen molar-refractivity contribution in [2.45, 2.75) is 39.2 Å². The van der Waals surface area contributed by atoms with Gasteiger partial charge in [0, 0.05) is 30.1 Å². The van der Waals surface area contributed by atoms with Gasteiger partial charge in [-0.15, -0.1) is 0 Å². The molecule has 2 heterocycles. The largest absolute Gasteiger partial charge is 0.464 e. The van der Waals surface area contributed by atoms with Crippen molar-refractivity contribution in [3.63, 3.8) is 0 Å². The summed E-state index contributed by atoms with van der Waals surface area (Å²) in [4.78, 5) is 14.5. The van der Waals surface area contributed by atoms with Crippen LogP contribution in [0.2, 0.25) is 0 Å². The van der Waals surface area contributed by atoms with E-state index in [-0.39, 0.29) is 5.91 Å². The van der Waals surface area contributed by atoms with Crippen LogP contribution in [0.1, 0.15) is 29.5 Å². The summed E-state index contributed by atoms with van der Waals surface area (Å²) in [5.74, 6) is 0.204. The molecule has 0 spiro atoms. The first kappa shape index (κ1) is 15.1. The highest BCUT2D eigenvalue weighted by atomic mass is 16.3. The topological polar surface area (TPSA) is 45.5 Å². The van der Waals surface area contributed by atoms with Gasteiger partial charge >= 0.3 is 0 Å². The molecule has 0 bridgehead atoms. The molecule has 3 rings (SSSR count). The smallest absolute Gasteiger partial charge is 0.227 e. The van der Waals surface area contributed by atoms with E-state index in [0.29, 0.717) is 12.5 Å². The molecule has 1 saturated heterocycles. The molecule has 1 amide bonds. The molecule has 0 saturated carbocycles. The first-order chi connectivity index (χ1) is 10.6. The molecule has 0 aliphatic carbocycles. The minimum atomic E-state index is 0.204. The number of nitrogens with zero attached hydrogens (tertiary/aromatic N) is 1. The Bertz CT molecular complexity index is 682. The van der Waals surface area contributed by atoms with Gasteiger partial charge in [-0.3, -0.25) is 4.79 Å². The molecular formula is C18H24N2O2. The van der Waals surface area contributed by atoms with Crippen molar-refractivity contribution >= 4 is 16.9 Å². The van der Waals surface area contributed by atoms with E-state index in [9.17, 15) is 4.79 Å². The number of aryl methyl sites for hydroxylation is 2. The summed E-state index contributed by atoms with van der Waals surface area (Å²) in [5, 5.41) is 4.36. The highest BCUT2D eigenvalue weighted by Crippen LogP contribution is 2.27. The third-order valence-corrected chi connectivity index (χ3v) is 4.94. The van der Waals surface area contributed by atoms with Crippen molar-refractivity contribution in [3.8, 4) is 0 Å². The second-order valence-electron chi connectivity index (χ2n) is 6.27. The molecule has 1 fully saturated rings. The third kappa shape index (κ3) is 2.75. The Kier molecular flexibility index (Phi) is 4.21. The number of nitrogens with one attached hydrogen (secondary N) is 1. The fourth-order valence-electron chi connectivity index (χ4n) is 3.22. The molecule has 0 atom stereocenters. The average molecular weight is 300 g/mol. The lowest BCUT2D eigenvalue weighted by Crippen LogP contribution is -2.44. The standard InChI is InChI=1S/C18H24N2O2/c1-12-4-5-16-14(11-22-18(16)13(12)2)10-17(21)20-8-6-15(19-3)7-9-20/h4-5,11,15,19H,6-10H2,1-3H3. The predicted octanol–water partition coefficient (Wildman–Crippen LogP) is 2.80. The zero-order valence-corrected chi connectivity index (χ0v) is 13.6. The molecule has 1 aromatic carbocycles.